The zero-order chi connectivity index (χ0) is 32.3. The van der Waals surface area contributed by atoms with E-state index in [1.807, 2.05) is 41.2 Å². The average Bonchev–Trinajstić information content (AvgIpc) is 3.70. The maximum atomic E-state index is 14.5. The third-order valence-corrected chi connectivity index (χ3v) is 9.97. The first kappa shape index (κ1) is 31.7. The molecule has 0 saturated heterocycles. The Morgan fingerprint density at radius 1 is 1.09 bits per heavy atom. The Balaban J connectivity index is 1.40. The quantitative estimate of drug-likeness (QED) is 0.137. The summed E-state index contributed by atoms with van der Waals surface area (Å²) in [5, 5.41) is 15.1. The van der Waals surface area contributed by atoms with Crippen molar-refractivity contribution in [3.63, 3.8) is 0 Å². The molecule has 10 nitrogen and oxygen atoms in total. The Labute approximate surface area is 273 Å². The fraction of sp³-hybridized carbons (Fsp3) is 0.333. The summed E-state index contributed by atoms with van der Waals surface area (Å²) >= 11 is 6.39. The molecule has 2 bridgehead atoms. The predicted octanol–water partition coefficient (Wildman–Crippen LogP) is 7.34. The maximum Gasteiger partial charge on any atom is 0.224 e. The molecule has 2 aromatic carbocycles. The van der Waals surface area contributed by atoms with Crippen molar-refractivity contribution in [3.8, 4) is 28.1 Å². The number of imidazole rings is 1. The van der Waals surface area contributed by atoms with Crippen molar-refractivity contribution in [1.29, 1.82) is 0 Å². The van der Waals surface area contributed by atoms with E-state index in [2.05, 4.69) is 40.5 Å². The van der Waals surface area contributed by atoms with Crippen molar-refractivity contribution >= 4 is 31.3 Å². The van der Waals surface area contributed by atoms with Crippen LogP contribution in [-0.2, 0) is 16.3 Å². The van der Waals surface area contributed by atoms with Crippen LogP contribution in [0.3, 0.4) is 0 Å². The van der Waals surface area contributed by atoms with Crippen molar-refractivity contribution < 1.29 is 13.9 Å². The largest absolute Gasteiger partial charge is 0.361 e. The van der Waals surface area contributed by atoms with E-state index in [1.54, 1.807) is 16.8 Å². The second-order valence-electron chi connectivity index (χ2n) is 12.7. The molecule has 0 saturated carbocycles. The molecule has 238 valence electrons. The van der Waals surface area contributed by atoms with Gasteiger partial charge in [0.05, 0.1) is 28.7 Å². The number of rotatable bonds is 8. The highest BCUT2D eigenvalue weighted by atomic mass is 35.5. The molecule has 1 unspecified atom stereocenters. The van der Waals surface area contributed by atoms with Gasteiger partial charge < -0.3 is 14.6 Å². The summed E-state index contributed by atoms with van der Waals surface area (Å²) in [7, 11) is -1.29. The van der Waals surface area contributed by atoms with Gasteiger partial charge in [-0.05, 0) is 71.8 Å². The summed E-state index contributed by atoms with van der Waals surface area (Å²) < 4.78 is 24.3. The lowest BCUT2D eigenvalue weighted by Gasteiger charge is -2.20. The van der Waals surface area contributed by atoms with Gasteiger partial charge in [0.1, 0.15) is 24.7 Å². The van der Waals surface area contributed by atoms with E-state index in [1.165, 1.54) is 18.5 Å². The van der Waals surface area contributed by atoms with Crippen LogP contribution in [0, 0.1) is 5.82 Å². The van der Waals surface area contributed by atoms with Crippen LogP contribution in [-0.4, -0.2) is 55.3 Å². The van der Waals surface area contributed by atoms with Crippen molar-refractivity contribution in [2.24, 2.45) is 0 Å². The highest BCUT2D eigenvalue weighted by molar-refractivity contribution is 6.76. The van der Waals surface area contributed by atoms with Gasteiger partial charge in [-0.15, -0.1) is 5.10 Å². The number of aromatic nitrogens is 7. The molecule has 1 aliphatic heterocycles. The van der Waals surface area contributed by atoms with Gasteiger partial charge >= 0.3 is 0 Å². The van der Waals surface area contributed by atoms with Crippen molar-refractivity contribution in [2.45, 2.75) is 64.0 Å². The van der Waals surface area contributed by atoms with Crippen molar-refractivity contribution in [1.82, 2.24) is 34.7 Å². The van der Waals surface area contributed by atoms with Gasteiger partial charge in [-0.25, -0.2) is 9.37 Å². The van der Waals surface area contributed by atoms with Gasteiger partial charge in [0.2, 0.25) is 5.91 Å². The lowest BCUT2D eigenvalue weighted by atomic mass is 9.95. The van der Waals surface area contributed by atoms with E-state index >= 15 is 0 Å². The number of hydrogen-bond donors (Lipinski definition) is 1. The molecule has 1 N–H and O–H groups in total. The number of ether oxygens (including phenoxy) is 1. The number of hydrogen-bond acceptors (Lipinski definition) is 7. The summed E-state index contributed by atoms with van der Waals surface area (Å²) in [6.45, 7) is 7.90. The van der Waals surface area contributed by atoms with Crippen LogP contribution in [0.15, 0.2) is 67.3 Å². The zero-order valence-corrected chi connectivity index (χ0v) is 27.8. The van der Waals surface area contributed by atoms with Crippen LogP contribution in [0.2, 0.25) is 30.7 Å². The number of anilines is 1. The molecule has 46 heavy (non-hydrogen) atoms. The number of nitrogens with zero attached hydrogens (tertiary/aromatic N) is 7. The zero-order valence-electron chi connectivity index (χ0n) is 26.1. The van der Waals surface area contributed by atoms with E-state index < -0.39 is 13.9 Å². The minimum atomic E-state index is -1.29. The molecule has 1 amide bonds. The molecule has 6 rings (SSSR count). The normalized spacial score (nSPS) is 15.5. The summed E-state index contributed by atoms with van der Waals surface area (Å²) in [4.78, 5) is 22.8. The number of nitrogens with one attached hydrogen (secondary N) is 1. The maximum absolute atomic E-state index is 14.5. The van der Waals surface area contributed by atoms with E-state index in [-0.39, 0.29) is 11.8 Å². The molecular formula is C33H36ClFN8O2Si. The molecule has 0 fully saturated rings. The minimum absolute atomic E-state index is 0.110. The molecule has 5 aromatic rings. The number of amides is 1. The topological polar surface area (TPSA) is 113 Å². The molecule has 13 heteroatoms. The molecule has 0 radical (unpaired) electrons. The van der Waals surface area contributed by atoms with Crippen LogP contribution in [0.1, 0.15) is 43.1 Å². The fourth-order valence-corrected chi connectivity index (χ4v) is 6.49. The first-order chi connectivity index (χ1) is 22.1. The van der Waals surface area contributed by atoms with Gasteiger partial charge in [0.25, 0.3) is 0 Å². The molecular weight excluding hydrogens is 623 g/mol. The fourth-order valence-electron chi connectivity index (χ4n) is 5.56. The van der Waals surface area contributed by atoms with E-state index in [4.69, 9.17) is 26.3 Å². The van der Waals surface area contributed by atoms with Gasteiger partial charge in [-0.1, -0.05) is 43.7 Å². The molecule has 0 spiro atoms. The predicted molar refractivity (Wildman–Crippen MR) is 178 cm³/mol. The SMILES string of the molecule is C[Si](C)(C)CCOCn1cc2nc1C(c1ccc(-c3cc(Cl)ccc3-n3cnnn3)cn1)CCCCC(=O)Nc1ccc(F)cc1-2. The Morgan fingerprint density at radius 2 is 1.96 bits per heavy atom. The Morgan fingerprint density at radius 3 is 2.72 bits per heavy atom. The number of fused-ring (bicyclic) bond motifs is 4. The number of carbonyl (C=O) groups is 1. The molecule has 1 aliphatic rings. The highest BCUT2D eigenvalue weighted by Gasteiger charge is 2.25. The third kappa shape index (κ3) is 7.40. The smallest absolute Gasteiger partial charge is 0.224 e. The number of benzene rings is 2. The van der Waals surface area contributed by atoms with Crippen LogP contribution in [0.4, 0.5) is 10.1 Å². The first-order valence-electron chi connectivity index (χ1n) is 15.4. The van der Waals surface area contributed by atoms with Gasteiger partial charge in [0, 0.05) is 55.2 Å². The number of carbonyl (C=O) groups excluding carboxylic acids is 1. The van der Waals surface area contributed by atoms with Crippen LogP contribution in [0.5, 0.6) is 0 Å². The van der Waals surface area contributed by atoms with E-state index in [9.17, 15) is 9.18 Å². The summed E-state index contributed by atoms with van der Waals surface area (Å²) in [6.07, 6.45) is 7.80. The second kappa shape index (κ2) is 13.6. The van der Waals surface area contributed by atoms with Gasteiger partial charge in [-0.2, -0.15) is 4.68 Å². The van der Waals surface area contributed by atoms with E-state index in [0.717, 1.165) is 40.8 Å². The summed E-state index contributed by atoms with van der Waals surface area (Å²) in [6, 6.07) is 14.9. The van der Waals surface area contributed by atoms with Gasteiger partial charge in [-0.3, -0.25) is 9.78 Å². The molecule has 1 atom stereocenters. The van der Waals surface area contributed by atoms with E-state index in [0.29, 0.717) is 54.6 Å². The molecule has 0 aliphatic carbocycles. The Hall–Kier alpha value is -4.26. The highest BCUT2D eigenvalue weighted by Crippen LogP contribution is 2.36. The summed E-state index contributed by atoms with van der Waals surface area (Å²) in [5.74, 6) is 0.0730. The minimum Gasteiger partial charge on any atom is -0.361 e. The molecule has 3 aromatic heterocycles. The van der Waals surface area contributed by atoms with Crippen LogP contribution < -0.4 is 5.32 Å². The second-order valence-corrected chi connectivity index (χ2v) is 18.8. The lowest BCUT2D eigenvalue weighted by Crippen LogP contribution is -2.22. The number of tetrazole rings is 1. The molecule has 4 heterocycles. The Bertz CT molecular complexity index is 1820. The van der Waals surface area contributed by atoms with Crippen LogP contribution >= 0.6 is 11.6 Å². The van der Waals surface area contributed by atoms with Crippen molar-refractivity contribution in [2.75, 3.05) is 11.9 Å². The lowest BCUT2D eigenvalue weighted by molar-refractivity contribution is -0.116. The van der Waals surface area contributed by atoms with Crippen LogP contribution in [0.25, 0.3) is 28.1 Å². The average molecular weight is 659 g/mol. The van der Waals surface area contributed by atoms with Gasteiger partial charge in [0.15, 0.2) is 0 Å². The summed E-state index contributed by atoms with van der Waals surface area (Å²) in [5.41, 5.74) is 4.90. The standard InChI is InChI=1S/C33H36ClFN8O2Si/c1-46(2,3)15-14-45-21-42-19-30-27-17-24(35)10-12-29(27)38-32(44)7-5-4-6-25(33(42)39-30)28-11-8-22(18-36-28)26-16-23(34)9-13-31(26)43-20-37-40-41-43/h8-13,16-20,25H,4-7,14-15,21H2,1-3H3,(H,38,44). The van der Waals surface area contributed by atoms with Crippen molar-refractivity contribution in [3.05, 3.63) is 89.6 Å². The number of halogens is 2. The number of pyridine rings is 1. The first-order valence-corrected chi connectivity index (χ1v) is 19.5. The third-order valence-electron chi connectivity index (χ3n) is 8.03. The Kier molecular flexibility index (Phi) is 9.38. The monoisotopic (exact) mass is 658 g/mol.